The van der Waals surface area contributed by atoms with Crippen molar-refractivity contribution in [1.29, 1.82) is 0 Å². The molecule has 5 heteroatoms. The van der Waals surface area contributed by atoms with E-state index < -0.39 is 0 Å². The molecule has 0 unspecified atom stereocenters. The Morgan fingerprint density at radius 1 is 1.33 bits per heavy atom. The fourth-order valence-corrected chi connectivity index (χ4v) is 2.09. The van der Waals surface area contributed by atoms with Crippen LogP contribution in [-0.2, 0) is 0 Å². The molecule has 0 saturated carbocycles. The highest BCUT2D eigenvalue weighted by Gasteiger charge is 2.15. The van der Waals surface area contributed by atoms with Gasteiger partial charge in [0.25, 0.3) is 0 Å². The summed E-state index contributed by atoms with van der Waals surface area (Å²) in [5.74, 6) is 1.38. The molecule has 2 heterocycles. The summed E-state index contributed by atoms with van der Waals surface area (Å²) in [6.45, 7) is 2.09. The lowest BCUT2D eigenvalue weighted by Crippen LogP contribution is -2.31. The monoisotopic (exact) mass is 271 g/mol. The standard InChI is InChI=1S/C10H14BrN3O/c1-15-9-8(11)7-12-10(13-9)14-5-3-2-4-6-14/h7H,2-6H2,1H3. The first-order chi connectivity index (χ1) is 7.31. The van der Waals surface area contributed by atoms with Crippen LogP contribution in [0.5, 0.6) is 5.88 Å². The SMILES string of the molecule is COc1nc(N2CCCCC2)ncc1Br. The summed E-state index contributed by atoms with van der Waals surface area (Å²) in [6.07, 6.45) is 5.50. The van der Waals surface area contributed by atoms with E-state index >= 15 is 0 Å². The molecule has 0 aliphatic carbocycles. The van der Waals surface area contributed by atoms with Gasteiger partial charge in [-0.2, -0.15) is 4.98 Å². The Morgan fingerprint density at radius 2 is 2.07 bits per heavy atom. The predicted octanol–water partition coefficient (Wildman–Crippen LogP) is 2.24. The molecule has 0 aromatic carbocycles. The average molecular weight is 272 g/mol. The van der Waals surface area contributed by atoms with Crippen LogP contribution in [0.15, 0.2) is 10.7 Å². The van der Waals surface area contributed by atoms with E-state index in [-0.39, 0.29) is 0 Å². The number of hydrogen-bond acceptors (Lipinski definition) is 4. The Kier molecular flexibility index (Phi) is 3.41. The minimum absolute atomic E-state index is 0.602. The average Bonchev–Trinajstić information content (AvgIpc) is 2.31. The number of rotatable bonds is 2. The fourth-order valence-electron chi connectivity index (χ4n) is 1.73. The number of halogens is 1. The lowest BCUT2D eigenvalue weighted by atomic mass is 10.1. The number of methoxy groups -OCH3 is 1. The summed E-state index contributed by atoms with van der Waals surface area (Å²) in [4.78, 5) is 10.9. The van der Waals surface area contributed by atoms with Crippen molar-refractivity contribution < 1.29 is 4.74 Å². The largest absolute Gasteiger partial charge is 0.480 e. The Labute approximate surface area is 97.8 Å². The van der Waals surface area contributed by atoms with Crippen LogP contribution in [0.25, 0.3) is 0 Å². The summed E-state index contributed by atoms with van der Waals surface area (Å²) < 4.78 is 5.95. The minimum Gasteiger partial charge on any atom is -0.480 e. The zero-order valence-electron chi connectivity index (χ0n) is 8.74. The summed E-state index contributed by atoms with van der Waals surface area (Å²) in [5, 5.41) is 0. The van der Waals surface area contributed by atoms with E-state index in [0.717, 1.165) is 23.5 Å². The van der Waals surface area contributed by atoms with Crippen molar-refractivity contribution >= 4 is 21.9 Å². The van der Waals surface area contributed by atoms with Gasteiger partial charge in [0.1, 0.15) is 0 Å². The number of anilines is 1. The highest BCUT2D eigenvalue weighted by molar-refractivity contribution is 9.10. The minimum atomic E-state index is 0.602. The number of aromatic nitrogens is 2. The molecule has 0 atom stereocenters. The summed E-state index contributed by atoms with van der Waals surface area (Å²) in [7, 11) is 1.62. The summed E-state index contributed by atoms with van der Waals surface area (Å²) in [6, 6.07) is 0. The Balaban J connectivity index is 2.20. The smallest absolute Gasteiger partial charge is 0.232 e. The second-order valence-corrected chi connectivity index (χ2v) is 4.43. The predicted molar refractivity (Wildman–Crippen MR) is 62.3 cm³/mol. The third kappa shape index (κ3) is 2.40. The highest BCUT2D eigenvalue weighted by atomic mass is 79.9. The van der Waals surface area contributed by atoms with Gasteiger partial charge in [-0.25, -0.2) is 4.98 Å². The number of hydrogen-bond donors (Lipinski definition) is 0. The first-order valence-corrected chi connectivity index (χ1v) is 5.92. The zero-order chi connectivity index (χ0) is 10.7. The van der Waals surface area contributed by atoms with E-state index in [1.54, 1.807) is 13.3 Å². The highest BCUT2D eigenvalue weighted by Crippen LogP contribution is 2.24. The third-order valence-electron chi connectivity index (χ3n) is 2.53. The molecule has 1 fully saturated rings. The van der Waals surface area contributed by atoms with Crippen LogP contribution < -0.4 is 9.64 Å². The number of nitrogens with zero attached hydrogens (tertiary/aromatic N) is 3. The van der Waals surface area contributed by atoms with Crippen LogP contribution in [0, 0.1) is 0 Å². The van der Waals surface area contributed by atoms with Gasteiger partial charge in [-0.3, -0.25) is 0 Å². The summed E-state index contributed by atoms with van der Waals surface area (Å²) in [5.41, 5.74) is 0. The molecule has 0 amide bonds. The summed E-state index contributed by atoms with van der Waals surface area (Å²) >= 11 is 3.35. The zero-order valence-corrected chi connectivity index (χ0v) is 10.3. The molecule has 1 aromatic rings. The van der Waals surface area contributed by atoms with E-state index in [2.05, 4.69) is 30.8 Å². The van der Waals surface area contributed by atoms with Crippen LogP contribution in [0.1, 0.15) is 19.3 Å². The van der Waals surface area contributed by atoms with Crippen molar-refractivity contribution in [3.63, 3.8) is 0 Å². The van der Waals surface area contributed by atoms with Gasteiger partial charge in [0, 0.05) is 13.1 Å². The van der Waals surface area contributed by atoms with E-state index in [1.807, 2.05) is 0 Å². The van der Waals surface area contributed by atoms with E-state index in [1.165, 1.54) is 19.3 Å². The molecule has 1 saturated heterocycles. The van der Waals surface area contributed by atoms with Crippen molar-refractivity contribution in [3.8, 4) is 5.88 Å². The molecule has 0 N–H and O–H groups in total. The van der Waals surface area contributed by atoms with Crippen molar-refractivity contribution in [2.24, 2.45) is 0 Å². The third-order valence-corrected chi connectivity index (χ3v) is 3.08. The second-order valence-electron chi connectivity index (χ2n) is 3.57. The quantitative estimate of drug-likeness (QED) is 0.827. The molecule has 82 valence electrons. The lowest BCUT2D eigenvalue weighted by Gasteiger charge is -2.26. The Bertz CT molecular complexity index is 339. The van der Waals surface area contributed by atoms with E-state index in [4.69, 9.17) is 4.74 Å². The van der Waals surface area contributed by atoms with Gasteiger partial charge < -0.3 is 9.64 Å². The number of ether oxygens (including phenoxy) is 1. The molecule has 1 aromatic heterocycles. The first-order valence-electron chi connectivity index (χ1n) is 5.13. The molecular formula is C10H14BrN3O. The van der Waals surface area contributed by atoms with Gasteiger partial charge in [0.05, 0.1) is 17.8 Å². The normalized spacial score (nSPS) is 16.5. The van der Waals surface area contributed by atoms with Gasteiger partial charge in [-0.05, 0) is 35.2 Å². The molecule has 0 spiro atoms. The molecule has 1 aliphatic rings. The van der Waals surface area contributed by atoms with Crippen LogP contribution in [0.3, 0.4) is 0 Å². The van der Waals surface area contributed by atoms with E-state index in [9.17, 15) is 0 Å². The molecule has 4 nitrogen and oxygen atoms in total. The molecule has 0 radical (unpaired) electrons. The van der Waals surface area contributed by atoms with Crippen LogP contribution in [-0.4, -0.2) is 30.2 Å². The van der Waals surface area contributed by atoms with Gasteiger partial charge >= 0.3 is 0 Å². The Hall–Kier alpha value is -0.840. The fraction of sp³-hybridized carbons (Fsp3) is 0.600. The van der Waals surface area contributed by atoms with Crippen molar-refractivity contribution in [1.82, 2.24) is 9.97 Å². The van der Waals surface area contributed by atoms with Crippen LogP contribution in [0.2, 0.25) is 0 Å². The maximum Gasteiger partial charge on any atom is 0.232 e. The first kappa shape index (κ1) is 10.7. The van der Waals surface area contributed by atoms with Crippen LogP contribution >= 0.6 is 15.9 Å². The van der Waals surface area contributed by atoms with Crippen molar-refractivity contribution in [2.75, 3.05) is 25.1 Å². The molecular weight excluding hydrogens is 258 g/mol. The topological polar surface area (TPSA) is 38.2 Å². The van der Waals surface area contributed by atoms with Crippen molar-refractivity contribution in [2.45, 2.75) is 19.3 Å². The maximum atomic E-state index is 5.15. The molecule has 2 rings (SSSR count). The second kappa shape index (κ2) is 4.79. The van der Waals surface area contributed by atoms with Gasteiger partial charge in [-0.1, -0.05) is 0 Å². The Morgan fingerprint density at radius 3 is 2.73 bits per heavy atom. The molecule has 1 aliphatic heterocycles. The number of piperidine rings is 1. The maximum absolute atomic E-state index is 5.15. The van der Waals surface area contributed by atoms with Gasteiger partial charge in [-0.15, -0.1) is 0 Å². The van der Waals surface area contributed by atoms with Crippen LogP contribution in [0.4, 0.5) is 5.95 Å². The van der Waals surface area contributed by atoms with E-state index in [0.29, 0.717) is 5.88 Å². The lowest BCUT2D eigenvalue weighted by molar-refractivity contribution is 0.393. The molecule has 15 heavy (non-hydrogen) atoms. The van der Waals surface area contributed by atoms with Gasteiger partial charge in [0.15, 0.2) is 0 Å². The van der Waals surface area contributed by atoms with Gasteiger partial charge in [0.2, 0.25) is 11.8 Å². The van der Waals surface area contributed by atoms with Crippen molar-refractivity contribution in [3.05, 3.63) is 10.7 Å². The molecule has 0 bridgehead atoms.